The van der Waals surface area contributed by atoms with Gasteiger partial charge in [-0.2, -0.15) is 0 Å². The highest BCUT2D eigenvalue weighted by Crippen LogP contribution is 2.22. The summed E-state index contributed by atoms with van der Waals surface area (Å²) < 4.78 is 5.21. The monoisotopic (exact) mass is 487 g/mol. The highest BCUT2D eigenvalue weighted by molar-refractivity contribution is 6.31. The zero-order valence-electron chi connectivity index (χ0n) is 18.8. The fourth-order valence-corrected chi connectivity index (χ4v) is 3.75. The molecular formula is C27H22ClN3O4. The first-order valence-electron chi connectivity index (χ1n) is 10.9. The zero-order valence-corrected chi connectivity index (χ0v) is 19.6. The number of rotatable bonds is 7. The van der Waals surface area contributed by atoms with Crippen LogP contribution in [0.1, 0.15) is 39.2 Å². The highest BCUT2D eigenvalue weighted by atomic mass is 35.5. The summed E-state index contributed by atoms with van der Waals surface area (Å²) in [5.41, 5.74) is 2.39. The molecule has 0 aliphatic carbocycles. The topological polar surface area (TPSA) is 97.4 Å². The van der Waals surface area contributed by atoms with Gasteiger partial charge in [-0.3, -0.25) is 14.6 Å². The lowest BCUT2D eigenvalue weighted by molar-refractivity contribution is -0.119. The first kappa shape index (κ1) is 23.9. The number of nitrogens with one attached hydrogen (secondary N) is 2. The summed E-state index contributed by atoms with van der Waals surface area (Å²) in [6.45, 7) is 1.36. The van der Waals surface area contributed by atoms with Crippen LogP contribution in [0.5, 0.6) is 0 Å². The molecule has 3 aromatic carbocycles. The molecule has 2 N–H and O–H groups in total. The summed E-state index contributed by atoms with van der Waals surface area (Å²) in [6.07, 6.45) is 1.47. The molecule has 2 amide bonds. The number of aromatic nitrogens is 1. The normalized spacial score (nSPS) is 11.5. The van der Waals surface area contributed by atoms with Crippen LogP contribution in [0.4, 0.5) is 5.69 Å². The van der Waals surface area contributed by atoms with Crippen molar-refractivity contribution < 1.29 is 19.1 Å². The number of nitrogens with zero attached hydrogens (tertiary/aromatic N) is 1. The van der Waals surface area contributed by atoms with Crippen LogP contribution in [0.3, 0.4) is 0 Å². The Morgan fingerprint density at radius 2 is 1.69 bits per heavy atom. The summed E-state index contributed by atoms with van der Waals surface area (Å²) in [5, 5.41) is 6.64. The van der Waals surface area contributed by atoms with Gasteiger partial charge in [0.1, 0.15) is 0 Å². The van der Waals surface area contributed by atoms with Gasteiger partial charge in [0, 0.05) is 16.6 Å². The lowest BCUT2D eigenvalue weighted by Crippen LogP contribution is -2.28. The standard InChI is InChI=1S/C27H22ClN3O4/c1-17(18-7-3-2-4-8-18)30-26(33)22-9-5-6-10-23(22)31-25(32)16-35-27(34)21-13-14-29-24-15-19(28)11-12-20(21)24/h2-15,17H,16H2,1H3,(H,30,33)(H,31,32). The maximum absolute atomic E-state index is 12.9. The molecule has 1 heterocycles. The molecule has 1 atom stereocenters. The molecule has 0 saturated heterocycles. The van der Waals surface area contributed by atoms with Crippen molar-refractivity contribution >= 4 is 46.0 Å². The predicted octanol–water partition coefficient (Wildman–Crippen LogP) is 5.17. The van der Waals surface area contributed by atoms with E-state index in [9.17, 15) is 14.4 Å². The number of esters is 1. The minimum absolute atomic E-state index is 0.224. The lowest BCUT2D eigenvalue weighted by Gasteiger charge is -2.16. The van der Waals surface area contributed by atoms with Gasteiger partial charge in [-0.15, -0.1) is 0 Å². The van der Waals surface area contributed by atoms with Crippen molar-refractivity contribution in [1.29, 1.82) is 0 Å². The van der Waals surface area contributed by atoms with Crippen molar-refractivity contribution in [1.82, 2.24) is 10.3 Å². The van der Waals surface area contributed by atoms with Crippen LogP contribution in [-0.2, 0) is 9.53 Å². The van der Waals surface area contributed by atoms with Gasteiger partial charge >= 0.3 is 5.97 Å². The molecule has 176 valence electrons. The van der Waals surface area contributed by atoms with Gasteiger partial charge in [0.25, 0.3) is 11.8 Å². The number of benzene rings is 3. The van der Waals surface area contributed by atoms with E-state index in [2.05, 4.69) is 15.6 Å². The van der Waals surface area contributed by atoms with E-state index in [4.69, 9.17) is 16.3 Å². The van der Waals surface area contributed by atoms with E-state index in [0.717, 1.165) is 5.56 Å². The number of anilines is 1. The molecule has 1 unspecified atom stereocenters. The molecule has 4 rings (SSSR count). The second-order valence-corrected chi connectivity index (χ2v) is 8.23. The van der Waals surface area contributed by atoms with E-state index in [0.29, 0.717) is 27.2 Å². The Bertz CT molecular complexity index is 1390. The molecule has 0 aliphatic rings. The zero-order chi connectivity index (χ0) is 24.8. The van der Waals surface area contributed by atoms with Crippen molar-refractivity contribution in [2.24, 2.45) is 0 Å². The van der Waals surface area contributed by atoms with Gasteiger partial charge in [0.15, 0.2) is 6.61 Å². The van der Waals surface area contributed by atoms with Crippen molar-refractivity contribution in [3.8, 4) is 0 Å². The van der Waals surface area contributed by atoms with Crippen LogP contribution < -0.4 is 10.6 Å². The van der Waals surface area contributed by atoms with Crippen LogP contribution in [-0.4, -0.2) is 29.4 Å². The van der Waals surface area contributed by atoms with E-state index >= 15 is 0 Å². The molecule has 4 aromatic rings. The second-order valence-electron chi connectivity index (χ2n) is 7.80. The molecule has 0 fully saturated rings. The van der Waals surface area contributed by atoms with Crippen LogP contribution in [0.2, 0.25) is 5.02 Å². The van der Waals surface area contributed by atoms with E-state index in [1.165, 1.54) is 12.3 Å². The number of halogens is 1. The Hall–Kier alpha value is -4.23. The average Bonchev–Trinajstić information content (AvgIpc) is 2.87. The molecule has 0 aliphatic heterocycles. The summed E-state index contributed by atoms with van der Waals surface area (Å²) in [6, 6.07) is 22.4. The number of hydrogen-bond donors (Lipinski definition) is 2. The molecule has 0 radical (unpaired) electrons. The van der Waals surface area contributed by atoms with Crippen LogP contribution in [0.15, 0.2) is 85.1 Å². The first-order chi connectivity index (χ1) is 16.9. The molecule has 0 saturated carbocycles. The van der Waals surface area contributed by atoms with E-state index in [1.807, 2.05) is 37.3 Å². The quantitative estimate of drug-likeness (QED) is 0.350. The van der Waals surface area contributed by atoms with Crippen LogP contribution in [0.25, 0.3) is 10.9 Å². The third kappa shape index (κ3) is 5.83. The molecule has 1 aromatic heterocycles. The second kappa shape index (κ2) is 10.8. The summed E-state index contributed by atoms with van der Waals surface area (Å²) in [5.74, 6) is -1.58. The molecule has 7 nitrogen and oxygen atoms in total. The summed E-state index contributed by atoms with van der Waals surface area (Å²) >= 11 is 5.99. The van der Waals surface area contributed by atoms with Gasteiger partial charge in [0.05, 0.1) is 28.4 Å². The number of para-hydroxylation sites is 1. The Kier molecular flexibility index (Phi) is 7.38. The number of fused-ring (bicyclic) bond motifs is 1. The van der Waals surface area contributed by atoms with Gasteiger partial charge < -0.3 is 15.4 Å². The van der Waals surface area contributed by atoms with Crippen molar-refractivity contribution in [3.63, 3.8) is 0 Å². The number of carbonyl (C=O) groups is 3. The van der Waals surface area contributed by atoms with Crippen molar-refractivity contribution in [2.75, 3.05) is 11.9 Å². The summed E-state index contributed by atoms with van der Waals surface area (Å²) in [7, 11) is 0. The fourth-order valence-electron chi connectivity index (χ4n) is 3.58. The van der Waals surface area contributed by atoms with Crippen LogP contribution in [0, 0.1) is 0 Å². The minimum atomic E-state index is -0.669. The molecule has 35 heavy (non-hydrogen) atoms. The van der Waals surface area contributed by atoms with Gasteiger partial charge in [-0.1, -0.05) is 60.1 Å². The largest absolute Gasteiger partial charge is 0.452 e. The van der Waals surface area contributed by atoms with E-state index in [1.54, 1.807) is 42.5 Å². The SMILES string of the molecule is CC(NC(=O)c1ccccc1NC(=O)COC(=O)c1ccnc2cc(Cl)ccc12)c1ccccc1. The number of carbonyl (C=O) groups excluding carboxylic acids is 3. The van der Waals surface area contributed by atoms with E-state index in [-0.39, 0.29) is 17.5 Å². The molecular weight excluding hydrogens is 466 g/mol. The van der Waals surface area contributed by atoms with Crippen LogP contribution >= 0.6 is 11.6 Å². The highest BCUT2D eigenvalue weighted by Gasteiger charge is 2.18. The van der Waals surface area contributed by atoms with Gasteiger partial charge in [-0.05, 0) is 42.8 Å². The third-order valence-electron chi connectivity index (χ3n) is 5.35. The number of ether oxygens (including phenoxy) is 1. The maximum Gasteiger partial charge on any atom is 0.339 e. The Morgan fingerprint density at radius 3 is 2.49 bits per heavy atom. The smallest absolute Gasteiger partial charge is 0.339 e. The van der Waals surface area contributed by atoms with Crippen molar-refractivity contribution in [2.45, 2.75) is 13.0 Å². The predicted molar refractivity (Wildman–Crippen MR) is 134 cm³/mol. The molecule has 8 heteroatoms. The Labute approximate surface area is 207 Å². The van der Waals surface area contributed by atoms with Gasteiger partial charge in [-0.25, -0.2) is 4.79 Å². The molecule has 0 bridgehead atoms. The number of amides is 2. The fraction of sp³-hybridized carbons (Fsp3) is 0.111. The Morgan fingerprint density at radius 1 is 0.943 bits per heavy atom. The maximum atomic E-state index is 12.9. The Balaban J connectivity index is 1.40. The van der Waals surface area contributed by atoms with Gasteiger partial charge in [0.2, 0.25) is 0 Å². The lowest BCUT2D eigenvalue weighted by atomic mass is 10.1. The molecule has 0 spiro atoms. The van der Waals surface area contributed by atoms with E-state index < -0.39 is 18.5 Å². The first-order valence-corrected chi connectivity index (χ1v) is 11.3. The number of pyridine rings is 1. The average molecular weight is 488 g/mol. The summed E-state index contributed by atoms with van der Waals surface area (Å²) in [4.78, 5) is 42.2. The minimum Gasteiger partial charge on any atom is -0.452 e. The number of hydrogen-bond acceptors (Lipinski definition) is 5. The third-order valence-corrected chi connectivity index (χ3v) is 5.59. The van der Waals surface area contributed by atoms with Crippen molar-refractivity contribution in [3.05, 3.63) is 107 Å².